The quantitative estimate of drug-likeness (QED) is 0.237. The van der Waals surface area contributed by atoms with Crippen LogP contribution in [0.4, 0.5) is 0 Å². The second kappa shape index (κ2) is 11.0. The van der Waals surface area contributed by atoms with Crippen LogP contribution in [0.25, 0.3) is 23.1 Å². The van der Waals surface area contributed by atoms with E-state index in [9.17, 15) is 9.59 Å². The topological polar surface area (TPSA) is 68.4 Å². The molecule has 0 aliphatic carbocycles. The van der Waals surface area contributed by atoms with Gasteiger partial charge in [-0.3, -0.25) is 9.59 Å². The van der Waals surface area contributed by atoms with E-state index in [1.54, 1.807) is 25.3 Å². The van der Waals surface area contributed by atoms with Crippen LogP contribution in [0.15, 0.2) is 91.1 Å². The lowest BCUT2D eigenvalue weighted by atomic mass is 10.1. The first-order valence-corrected chi connectivity index (χ1v) is 10.9. The molecule has 0 unspecified atom stereocenters. The Morgan fingerprint density at radius 2 is 1.68 bits per heavy atom. The summed E-state index contributed by atoms with van der Waals surface area (Å²) in [6.45, 7) is 0.451. The molecule has 1 N–H and O–H groups in total. The summed E-state index contributed by atoms with van der Waals surface area (Å²) in [5.74, 6) is 0.723. The van der Waals surface area contributed by atoms with Crippen molar-refractivity contribution in [1.82, 2.24) is 4.98 Å². The normalized spacial score (nSPS) is 11.3. The molecule has 0 spiro atoms. The van der Waals surface area contributed by atoms with E-state index < -0.39 is 0 Å². The third-order valence-electron chi connectivity index (χ3n) is 5.29. The van der Waals surface area contributed by atoms with Crippen molar-refractivity contribution in [3.63, 3.8) is 0 Å². The average molecular weight is 452 g/mol. The van der Waals surface area contributed by atoms with Gasteiger partial charge in [-0.1, -0.05) is 48.5 Å². The van der Waals surface area contributed by atoms with Crippen LogP contribution in [0.2, 0.25) is 0 Å². The number of fused-ring (bicyclic) bond motifs is 1. The predicted molar refractivity (Wildman–Crippen MR) is 135 cm³/mol. The highest BCUT2D eigenvalue weighted by Gasteiger charge is 2.07. The minimum Gasteiger partial charge on any atom is -0.496 e. The number of aromatic amines is 1. The van der Waals surface area contributed by atoms with Crippen LogP contribution in [-0.4, -0.2) is 23.7 Å². The zero-order valence-electron chi connectivity index (χ0n) is 18.9. The molecule has 5 heteroatoms. The van der Waals surface area contributed by atoms with Crippen molar-refractivity contribution in [2.24, 2.45) is 0 Å². The standard InChI is InChI=1S/C29H25NO4/c1-33-29-19-27(34-20-22-5-3-2-4-6-22)14-11-24(29)10-13-26(32)18-25(31)12-8-21-7-9-23-15-16-30-28(23)17-21/h2-17,19,30H,18,20H2,1H3/b12-8+,13-10+. The minimum absolute atomic E-state index is 0.196. The number of rotatable bonds is 10. The summed E-state index contributed by atoms with van der Waals surface area (Å²) in [5.41, 5.74) is 3.69. The first-order chi connectivity index (χ1) is 16.6. The van der Waals surface area contributed by atoms with E-state index >= 15 is 0 Å². The van der Waals surface area contributed by atoms with E-state index in [1.165, 1.54) is 12.2 Å². The van der Waals surface area contributed by atoms with Crippen molar-refractivity contribution in [1.29, 1.82) is 0 Å². The first kappa shape index (κ1) is 22.8. The van der Waals surface area contributed by atoms with Crippen LogP contribution in [0.1, 0.15) is 23.1 Å². The van der Waals surface area contributed by atoms with Crippen molar-refractivity contribution >= 4 is 34.6 Å². The maximum absolute atomic E-state index is 12.3. The molecule has 4 rings (SSSR count). The summed E-state index contributed by atoms with van der Waals surface area (Å²) in [5, 5.41) is 1.11. The third-order valence-corrected chi connectivity index (χ3v) is 5.29. The molecule has 0 aliphatic heterocycles. The van der Waals surface area contributed by atoms with E-state index in [1.807, 2.05) is 72.9 Å². The lowest BCUT2D eigenvalue weighted by Crippen LogP contribution is -2.02. The van der Waals surface area contributed by atoms with Crippen molar-refractivity contribution in [2.45, 2.75) is 13.0 Å². The molecule has 0 atom stereocenters. The molecule has 0 bridgehead atoms. The fraction of sp³-hybridized carbons (Fsp3) is 0.103. The maximum atomic E-state index is 12.3. The van der Waals surface area contributed by atoms with Crippen molar-refractivity contribution in [3.8, 4) is 11.5 Å². The number of H-pyrrole nitrogens is 1. The smallest absolute Gasteiger partial charge is 0.163 e. The van der Waals surface area contributed by atoms with Crippen LogP contribution >= 0.6 is 0 Å². The molecular formula is C29H25NO4. The average Bonchev–Trinajstić information content (AvgIpc) is 3.34. The number of benzene rings is 3. The van der Waals surface area contributed by atoms with Crippen LogP contribution in [0.5, 0.6) is 11.5 Å². The van der Waals surface area contributed by atoms with Crippen LogP contribution in [0, 0.1) is 0 Å². The molecule has 0 fully saturated rings. The fourth-order valence-electron chi connectivity index (χ4n) is 3.49. The first-order valence-electron chi connectivity index (χ1n) is 10.9. The molecule has 0 aliphatic rings. The van der Waals surface area contributed by atoms with Gasteiger partial charge in [0.25, 0.3) is 0 Å². The van der Waals surface area contributed by atoms with Crippen molar-refractivity contribution in [2.75, 3.05) is 7.11 Å². The van der Waals surface area contributed by atoms with Gasteiger partial charge in [0.1, 0.15) is 18.1 Å². The molecule has 5 nitrogen and oxygen atoms in total. The van der Waals surface area contributed by atoms with Crippen LogP contribution in [0.3, 0.4) is 0 Å². The summed E-state index contributed by atoms with van der Waals surface area (Å²) < 4.78 is 11.3. The Hall–Kier alpha value is -4.38. The summed E-state index contributed by atoms with van der Waals surface area (Å²) in [6, 6.07) is 23.2. The van der Waals surface area contributed by atoms with Crippen LogP contribution < -0.4 is 9.47 Å². The monoisotopic (exact) mass is 451 g/mol. The van der Waals surface area contributed by atoms with Gasteiger partial charge in [0.05, 0.1) is 13.5 Å². The Labute approximate surface area is 198 Å². The molecule has 0 saturated heterocycles. The van der Waals surface area contributed by atoms with Gasteiger partial charge in [0.2, 0.25) is 0 Å². The molecule has 4 aromatic rings. The number of hydrogen-bond acceptors (Lipinski definition) is 4. The van der Waals surface area contributed by atoms with Gasteiger partial charge in [0, 0.05) is 23.3 Å². The maximum Gasteiger partial charge on any atom is 0.163 e. The minimum atomic E-state index is -0.277. The fourth-order valence-corrected chi connectivity index (χ4v) is 3.49. The summed E-state index contributed by atoms with van der Waals surface area (Å²) in [4.78, 5) is 27.6. The molecule has 0 amide bonds. The number of carbonyl (C=O) groups is 2. The molecule has 1 aromatic heterocycles. The Morgan fingerprint density at radius 1 is 0.882 bits per heavy atom. The number of ether oxygens (including phenoxy) is 2. The summed E-state index contributed by atoms with van der Waals surface area (Å²) in [7, 11) is 1.56. The highest BCUT2D eigenvalue weighted by atomic mass is 16.5. The van der Waals surface area contributed by atoms with Gasteiger partial charge in [-0.2, -0.15) is 0 Å². The van der Waals surface area contributed by atoms with Gasteiger partial charge < -0.3 is 14.5 Å². The Kier molecular flexibility index (Phi) is 7.35. The van der Waals surface area contributed by atoms with E-state index in [-0.39, 0.29) is 18.0 Å². The number of hydrogen-bond donors (Lipinski definition) is 1. The number of methoxy groups -OCH3 is 1. The Morgan fingerprint density at radius 3 is 2.47 bits per heavy atom. The molecule has 170 valence electrons. The molecular weight excluding hydrogens is 426 g/mol. The van der Waals surface area contributed by atoms with E-state index in [0.29, 0.717) is 18.1 Å². The zero-order valence-corrected chi connectivity index (χ0v) is 18.9. The molecule has 3 aromatic carbocycles. The van der Waals surface area contributed by atoms with Gasteiger partial charge in [-0.25, -0.2) is 0 Å². The lowest BCUT2D eigenvalue weighted by Gasteiger charge is -2.10. The number of carbonyl (C=O) groups excluding carboxylic acids is 2. The highest BCUT2D eigenvalue weighted by molar-refractivity contribution is 6.11. The SMILES string of the molecule is COc1cc(OCc2ccccc2)ccc1/C=C/C(=O)CC(=O)/C=C/c1ccc2cc[nH]c2c1. The number of ketones is 2. The number of allylic oxidation sites excluding steroid dienone is 2. The second-order valence-electron chi connectivity index (χ2n) is 7.78. The van der Waals surface area contributed by atoms with E-state index in [0.717, 1.165) is 27.6 Å². The molecule has 0 radical (unpaired) electrons. The number of nitrogens with one attached hydrogen (secondary N) is 1. The van der Waals surface area contributed by atoms with Gasteiger partial charge >= 0.3 is 0 Å². The van der Waals surface area contributed by atoms with Gasteiger partial charge in [0.15, 0.2) is 11.6 Å². The van der Waals surface area contributed by atoms with Crippen molar-refractivity contribution < 1.29 is 19.1 Å². The van der Waals surface area contributed by atoms with Crippen LogP contribution in [-0.2, 0) is 16.2 Å². The summed E-state index contributed by atoms with van der Waals surface area (Å²) >= 11 is 0. The molecule has 34 heavy (non-hydrogen) atoms. The Bertz CT molecular complexity index is 1350. The Balaban J connectivity index is 1.33. The van der Waals surface area contributed by atoms with Gasteiger partial charge in [-0.05, 0) is 59.0 Å². The third kappa shape index (κ3) is 6.11. The van der Waals surface area contributed by atoms with E-state index in [4.69, 9.17) is 9.47 Å². The highest BCUT2D eigenvalue weighted by Crippen LogP contribution is 2.26. The number of aromatic nitrogens is 1. The van der Waals surface area contributed by atoms with E-state index in [2.05, 4.69) is 4.98 Å². The predicted octanol–water partition coefficient (Wildman–Crippen LogP) is 6.01. The van der Waals surface area contributed by atoms with Crippen molar-refractivity contribution in [3.05, 3.63) is 108 Å². The molecule has 1 heterocycles. The molecule has 0 saturated carbocycles. The van der Waals surface area contributed by atoms with Gasteiger partial charge in [-0.15, -0.1) is 0 Å². The largest absolute Gasteiger partial charge is 0.496 e. The zero-order chi connectivity index (χ0) is 23.8. The lowest BCUT2D eigenvalue weighted by molar-refractivity contribution is -0.121. The summed E-state index contributed by atoms with van der Waals surface area (Å²) in [6.07, 6.45) is 7.89. The second-order valence-corrected chi connectivity index (χ2v) is 7.78.